The quantitative estimate of drug-likeness (QED) is 0.640. The Bertz CT molecular complexity index is 443. The fourth-order valence-electron chi connectivity index (χ4n) is 1.36. The lowest BCUT2D eigenvalue weighted by molar-refractivity contribution is -0.115. The average molecular weight is 197 g/mol. The molecule has 1 aromatic rings. The van der Waals surface area contributed by atoms with E-state index in [1.54, 1.807) is 0 Å². The van der Waals surface area contributed by atoms with Crippen molar-refractivity contribution in [3.63, 3.8) is 0 Å². The lowest BCUT2D eigenvalue weighted by atomic mass is 10.0. The van der Waals surface area contributed by atoms with E-state index in [0.717, 1.165) is 6.07 Å². The minimum Gasteiger partial charge on any atom is -0.325 e. The molecule has 14 heavy (non-hydrogen) atoms. The van der Waals surface area contributed by atoms with E-state index in [1.165, 1.54) is 6.07 Å². The van der Waals surface area contributed by atoms with Crippen LogP contribution < -0.4 is 5.32 Å². The maximum absolute atomic E-state index is 13.1. The molecule has 2 rings (SSSR count). The number of hydrogen-bond acceptors (Lipinski definition) is 2. The van der Waals surface area contributed by atoms with E-state index < -0.39 is 29.7 Å². The first-order valence-corrected chi connectivity index (χ1v) is 3.90. The van der Waals surface area contributed by atoms with Crippen LogP contribution in [0, 0.1) is 11.6 Å². The Morgan fingerprint density at radius 2 is 1.93 bits per heavy atom. The highest BCUT2D eigenvalue weighted by molar-refractivity contribution is 6.18. The van der Waals surface area contributed by atoms with E-state index in [0.29, 0.717) is 0 Å². The second-order valence-corrected chi connectivity index (χ2v) is 2.93. The molecule has 0 spiro atoms. The fraction of sp³-hybridized carbons (Fsp3) is 0.111. The molecule has 0 aromatic heterocycles. The van der Waals surface area contributed by atoms with E-state index in [-0.39, 0.29) is 11.3 Å². The second-order valence-electron chi connectivity index (χ2n) is 2.93. The summed E-state index contributed by atoms with van der Waals surface area (Å²) in [5, 5.41) is 2.29. The van der Waals surface area contributed by atoms with Gasteiger partial charge in [-0.05, 0) is 12.1 Å². The zero-order valence-electron chi connectivity index (χ0n) is 6.93. The molecule has 72 valence electrons. The molecule has 1 amide bonds. The van der Waals surface area contributed by atoms with Gasteiger partial charge in [-0.3, -0.25) is 9.59 Å². The number of carbonyl (C=O) groups excluding carboxylic acids is 2. The monoisotopic (exact) mass is 197 g/mol. The number of nitrogens with one attached hydrogen (secondary N) is 1. The SMILES string of the molecule is O=C1CC(=O)c2c(ccc(F)c2F)N1. The summed E-state index contributed by atoms with van der Waals surface area (Å²) >= 11 is 0. The van der Waals surface area contributed by atoms with Gasteiger partial charge in [-0.25, -0.2) is 8.78 Å². The fourth-order valence-corrected chi connectivity index (χ4v) is 1.36. The molecule has 0 fully saturated rings. The molecule has 1 heterocycles. The van der Waals surface area contributed by atoms with Gasteiger partial charge in [0.15, 0.2) is 17.4 Å². The van der Waals surface area contributed by atoms with Crippen molar-refractivity contribution in [3.8, 4) is 0 Å². The number of amides is 1. The van der Waals surface area contributed by atoms with Crippen molar-refractivity contribution >= 4 is 17.4 Å². The van der Waals surface area contributed by atoms with Gasteiger partial charge in [0.1, 0.15) is 0 Å². The van der Waals surface area contributed by atoms with Crippen LogP contribution in [0.15, 0.2) is 12.1 Å². The highest BCUT2D eigenvalue weighted by atomic mass is 19.2. The molecule has 0 radical (unpaired) electrons. The number of anilines is 1. The van der Waals surface area contributed by atoms with Crippen LogP contribution in [0.4, 0.5) is 14.5 Å². The minimum absolute atomic E-state index is 0.0325. The highest BCUT2D eigenvalue weighted by Gasteiger charge is 2.27. The number of hydrogen-bond donors (Lipinski definition) is 1. The molecule has 0 aliphatic carbocycles. The van der Waals surface area contributed by atoms with Gasteiger partial charge in [0.2, 0.25) is 5.91 Å². The molecule has 0 unspecified atom stereocenters. The third-order valence-corrected chi connectivity index (χ3v) is 1.97. The van der Waals surface area contributed by atoms with Crippen molar-refractivity contribution < 1.29 is 18.4 Å². The van der Waals surface area contributed by atoms with Crippen molar-refractivity contribution in [2.45, 2.75) is 6.42 Å². The molecule has 0 saturated heterocycles. The number of ketones is 1. The van der Waals surface area contributed by atoms with Gasteiger partial charge < -0.3 is 5.32 Å². The molecule has 0 bridgehead atoms. The maximum atomic E-state index is 13.1. The Balaban J connectivity index is 2.65. The molecule has 1 aliphatic heterocycles. The number of Topliss-reactive ketones (excluding diaryl/α,β-unsaturated/α-hetero) is 1. The summed E-state index contributed by atoms with van der Waals surface area (Å²) in [4.78, 5) is 22.1. The molecular formula is C9H5F2NO2. The molecule has 5 heteroatoms. The molecule has 0 saturated carbocycles. The first-order chi connectivity index (χ1) is 6.59. The molecule has 1 aliphatic rings. The Labute approximate surface area is 77.7 Å². The van der Waals surface area contributed by atoms with Crippen molar-refractivity contribution in [1.29, 1.82) is 0 Å². The van der Waals surface area contributed by atoms with Gasteiger partial charge in [0.05, 0.1) is 17.7 Å². The van der Waals surface area contributed by atoms with E-state index in [1.807, 2.05) is 0 Å². The Morgan fingerprint density at radius 3 is 2.64 bits per heavy atom. The van der Waals surface area contributed by atoms with Gasteiger partial charge in [-0.15, -0.1) is 0 Å². The van der Waals surface area contributed by atoms with Gasteiger partial charge in [-0.1, -0.05) is 0 Å². The van der Waals surface area contributed by atoms with Crippen molar-refractivity contribution in [2.75, 3.05) is 5.32 Å². The average Bonchev–Trinajstić information content (AvgIpc) is 2.10. The number of fused-ring (bicyclic) bond motifs is 1. The minimum atomic E-state index is -1.20. The third-order valence-electron chi connectivity index (χ3n) is 1.97. The summed E-state index contributed by atoms with van der Waals surface area (Å²) in [5.41, 5.74) is -0.338. The largest absolute Gasteiger partial charge is 0.325 e. The van der Waals surface area contributed by atoms with Crippen LogP contribution in [0.25, 0.3) is 0 Å². The zero-order valence-corrected chi connectivity index (χ0v) is 6.93. The predicted molar refractivity (Wildman–Crippen MR) is 43.9 cm³/mol. The van der Waals surface area contributed by atoms with Gasteiger partial charge in [-0.2, -0.15) is 0 Å². The van der Waals surface area contributed by atoms with Crippen molar-refractivity contribution in [1.82, 2.24) is 0 Å². The summed E-state index contributed by atoms with van der Waals surface area (Å²) < 4.78 is 25.9. The standard InChI is InChI=1S/C9H5F2NO2/c10-4-1-2-5-8(9(4)11)6(13)3-7(14)12-5/h1-2H,3H2,(H,12,14). The van der Waals surface area contributed by atoms with Gasteiger partial charge in [0, 0.05) is 0 Å². The van der Waals surface area contributed by atoms with Crippen LogP contribution in [0.5, 0.6) is 0 Å². The predicted octanol–water partition coefficient (Wildman–Crippen LogP) is 1.49. The van der Waals surface area contributed by atoms with E-state index in [4.69, 9.17) is 0 Å². The van der Waals surface area contributed by atoms with Crippen molar-refractivity contribution in [2.24, 2.45) is 0 Å². The third kappa shape index (κ3) is 1.17. The van der Waals surface area contributed by atoms with Crippen LogP contribution in [0.1, 0.15) is 16.8 Å². The topological polar surface area (TPSA) is 46.2 Å². The summed E-state index contributed by atoms with van der Waals surface area (Å²) in [6, 6.07) is 2.04. The highest BCUT2D eigenvalue weighted by Crippen LogP contribution is 2.26. The first-order valence-electron chi connectivity index (χ1n) is 3.90. The van der Waals surface area contributed by atoms with Crippen LogP contribution in [0.2, 0.25) is 0 Å². The van der Waals surface area contributed by atoms with Crippen LogP contribution in [-0.2, 0) is 4.79 Å². The smallest absolute Gasteiger partial charge is 0.232 e. The van der Waals surface area contributed by atoms with Crippen molar-refractivity contribution in [3.05, 3.63) is 29.3 Å². The Morgan fingerprint density at radius 1 is 1.21 bits per heavy atom. The Kier molecular flexibility index (Phi) is 1.80. The molecule has 3 nitrogen and oxygen atoms in total. The molecule has 1 aromatic carbocycles. The van der Waals surface area contributed by atoms with E-state index in [2.05, 4.69) is 5.32 Å². The number of carbonyl (C=O) groups is 2. The number of benzene rings is 1. The van der Waals surface area contributed by atoms with E-state index >= 15 is 0 Å². The summed E-state index contributed by atoms with van der Waals surface area (Å²) in [5.74, 6) is -3.49. The molecular weight excluding hydrogens is 192 g/mol. The lowest BCUT2D eigenvalue weighted by Gasteiger charge is -2.15. The van der Waals surface area contributed by atoms with E-state index in [9.17, 15) is 18.4 Å². The number of halogens is 2. The molecule has 1 N–H and O–H groups in total. The zero-order chi connectivity index (χ0) is 10.3. The summed E-state index contributed by atoms with van der Waals surface area (Å²) in [6.07, 6.45) is -0.437. The van der Waals surface area contributed by atoms with Crippen LogP contribution in [-0.4, -0.2) is 11.7 Å². The molecule has 0 atom stereocenters. The normalized spacial score (nSPS) is 15.0. The lowest BCUT2D eigenvalue weighted by Crippen LogP contribution is -2.25. The number of rotatable bonds is 0. The summed E-state index contributed by atoms with van der Waals surface area (Å²) in [7, 11) is 0. The van der Waals surface area contributed by atoms with Gasteiger partial charge >= 0.3 is 0 Å². The second kappa shape index (κ2) is 2.87. The maximum Gasteiger partial charge on any atom is 0.232 e. The Hall–Kier alpha value is -1.78. The van der Waals surface area contributed by atoms with Gasteiger partial charge in [0.25, 0.3) is 0 Å². The first kappa shape index (κ1) is 8.80. The van der Waals surface area contributed by atoms with Crippen LogP contribution >= 0.6 is 0 Å². The van der Waals surface area contributed by atoms with Crippen LogP contribution in [0.3, 0.4) is 0 Å². The summed E-state index contributed by atoms with van der Waals surface area (Å²) in [6.45, 7) is 0.